The molecule has 1 aromatic rings. The van der Waals surface area contributed by atoms with Crippen LogP contribution in [-0.4, -0.2) is 34.2 Å². The smallest absolute Gasteiger partial charge is 0.257 e. The number of halogens is 1. The number of benzene rings is 1. The van der Waals surface area contributed by atoms with Crippen LogP contribution in [0.4, 0.5) is 0 Å². The summed E-state index contributed by atoms with van der Waals surface area (Å²) >= 11 is 3.15. The van der Waals surface area contributed by atoms with E-state index in [0.29, 0.717) is 4.47 Å². The van der Waals surface area contributed by atoms with Crippen LogP contribution in [0.25, 0.3) is 0 Å². The third-order valence-corrected chi connectivity index (χ3v) is 6.52. The van der Waals surface area contributed by atoms with Crippen LogP contribution in [0, 0.1) is 5.92 Å². The first-order valence-corrected chi connectivity index (χ1v) is 10.1. The Morgan fingerprint density at radius 1 is 1.33 bits per heavy atom. The van der Waals surface area contributed by atoms with Gasteiger partial charge in [-0.2, -0.15) is 0 Å². The van der Waals surface area contributed by atoms with Crippen LogP contribution in [-0.2, 0) is 24.7 Å². The van der Waals surface area contributed by atoms with Crippen molar-refractivity contribution >= 4 is 41.7 Å². The van der Waals surface area contributed by atoms with Gasteiger partial charge < -0.3 is 0 Å². The molecule has 2 rings (SSSR count). The van der Waals surface area contributed by atoms with Gasteiger partial charge in [0.15, 0.2) is 9.84 Å². The number of rotatable bonds is 4. The Balaban J connectivity index is 2.01. The summed E-state index contributed by atoms with van der Waals surface area (Å²) in [6, 6.07) is 5.97. The van der Waals surface area contributed by atoms with Crippen molar-refractivity contribution in [3.63, 3.8) is 0 Å². The van der Waals surface area contributed by atoms with E-state index in [4.69, 9.17) is 0 Å². The van der Waals surface area contributed by atoms with Crippen LogP contribution < -0.4 is 10.3 Å². The van der Waals surface area contributed by atoms with Crippen LogP contribution >= 0.6 is 15.9 Å². The maximum absolute atomic E-state index is 12.0. The average molecular weight is 397 g/mol. The molecule has 1 saturated heterocycles. The highest BCUT2D eigenvalue weighted by atomic mass is 79.9. The highest BCUT2D eigenvalue weighted by molar-refractivity contribution is 9.10. The zero-order valence-corrected chi connectivity index (χ0v) is 14.0. The molecule has 1 atom stereocenters. The second kappa shape index (κ2) is 6.03. The molecule has 10 heteroatoms. The van der Waals surface area contributed by atoms with Crippen molar-refractivity contribution in [2.75, 3.05) is 11.5 Å². The van der Waals surface area contributed by atoms with E-state index in [-0.39, 0.29) is 22.8 Å². The fraction of sp³-hybridized carbons (Fsp3) is 0.364. The van der Waals surface area contributed by atoms with Crippen LogP contribution in [0.5, 0.6) is 0 Å². The van der Waals surface area contributed by atoms with Gasteiger partial charge in [-0.1, -0.05) is 22.0 Å². The molecule has 0 bridgehead atoms. The molecule has 1 heterocycles. The fourth-order valence-corrected chi connectivity index (χ4v) is 5.10. The molecular weight excluding hydrogens is 384 g/mol. The SMILES string of the molecule is O=C(NNS(=O)(=O)c1cccc(Br)c1)[C@@H]1CCS(=O)(=O)C1. The van der Waals surface area contributed by atoms with E-state index in [1.54, 1.807) is 12.1 Å². The van der Waals surface area contributed by atoms with Crippen molar-refractivity contribution in [1.82, 2.24) is 10.3 Å². The summed E-state index contributed by atoms with van der Waals surface area (Å²) in [6.45, 7) is 0. The predicted molar refractivity (Wildman–Crippen MR) is 79.4 cm³/mol. The zero-order valence-electron chi connectivity index (χ0n) is 10.7. The highest BCUT2D eigenvalue weighted by Crippen LogP contribution is 2.18. The molecule has 0 saturated carbocycles. The summed E-state index contributed by atoms with van der Waals surface area (Å²) in [7, 11) is -7.09. The van der Waals surface area contributed by atoms with E-state index < -0.39 is 31.7 Å². The lowest BCUT2D eigenvalue weighted by molar-refractivity contribution is -0.124. The van der Waals surface area contributed by atoms with Crippen molar-refractivity contribution in [2.45, 2.75) is 11.3 Å². The molecule has 1 aliphatic rings. The summed E-state index contributed by atoms with van der Waals surface area (Å²) < 4.78 is 47.1. The number of hydrogen-bond acceptors (Lipinski definition) is 5. The lowest BCUT2D eigenvalue weighted by atomic mass is 10.1. The lowest BCUT2D eigenvalue weighted by Gasteiger charge is -2.11. The molecule has 1 fully saturated rings. The summed E-state index contributed by atoms with van der Waals surface area (Å²) in [4.78, 5) is 13.7. The minimum atomic E-state index is -3.90. The molecule has 116 valence electrons. The normalized spacial score (nSPS) is 21.1. The van der Waals surface area contributed by atoms with E-state index in [1.807, 2.05) is 4.83 Å². The van der Waals surface area contributed by atoms with Crippen LogP contribution in [0.2, 0.25) is 0 Å². The van der Waals surface area contributed by atoms with Crippen molar-refractivity contribution < 1.29 is 21.6 Å². The minimum absolute atomic E-state index is 0.0174. The molecule has 0 aliphatic carbocycles. The largest absolute Gasteiger partial charge is 0.277 e. The van der Waals surface area contributed by atoms with Gasteiger partial charge in [0.1, 0.15) is 0 Å². The molecule has 21 heavy (non-hydrogen) atoms. The molecule has 0 unspecified atom stereocenters. The van der Waals surface area contributed by atoms with Gasteiger partial charge in [-0.3, -0.25) is 10.2 Å². The Morgan fingerprint density at radius 2 is 2.05 bits per heavy atom. The second-order valence-corrected chi connectivity index (χ2v) is 9.48. The van der Waals surface area contributed by atoms with Crippen molar-refractivity contribution in [1.29, 1.82) is 0 Å². The number of hydrazine groups is 1. The molecule has 0 aromatic heterocycles. The summed E-state index contributed by atoms with van der Waals surface area (Å²) in [5.74, 6) is -1.67. The Hall–Kier alpha value is -0.970. The van der Waals surface area contributed by atoms with Crippen molar-refractivity contribution in [2.24, 2.45) is 5.92 Å². The number of hydrogen-bond donors (Lipinski definition) is 2. The number of carbonyl (C=O) groups excluding carboxylic acids is 1. The summed E-state index contributed by atoms with van der Waals surface area (Å²) in [6.07, 6.45) is 0.201. The van der Waals surface area contributed by atoms with Crippen molar-refractivity contribution in [3.8, 4) is 0 Å². The fourth-order valence-electron chi connectivity index (χ4n) is 1.91. The van der Waals surface area contributed by atoms with Gasteiger partial charge >= 0.3 is 0 Å². The Bertz CT molecular complexity index is 761. The topological polar surface area (TPSA) is 109 Å². The molecule has 1 aliphatic heterocycles. The first kappa shape index (κ1) is 16.4. The van der Waals surface area contributed by atoms with Gasteiger partial charge in [0.25, 0.3) is 10.0 Å². The van der Waals surface area contributed by atoms with E-state index in [1.165, 1.54) is 12.1 Å². The predicted octanol–water partition coefficient (Wildman–Crippen LogP) is 0.193. The molecule has 7 nitrogen and oxygen atoms in total. The maximum Gasteiger partial charge on any atom is 0.257 e. The van der Waals surface area contributed by atoms with Crippen molar-refractivity contribution in [3.05, 3.63) is 28.7 Å². The third-order valence-electron chi connectivity index (χ3n) is 3.02. The summed E-state index contributed by atoms with van der Waals surface area (Å²) in [5, 5.41) is 0. The molecule has 0 radical (unpaired) electrons. The van der Waals surface area contributed by atoms with Gasteiger partial charge in [-0.25, -0.2) is 16.8 Å². The second-order valence-electron chi connectivity index (χ2n) is 4.65. The number of sulfonamides is 1. The average Bonchev–Trinajstić information content (AvgIpc) is 2.76. The van der Waals surface area contributed by atoms with Crippen LogP contribution in [0.15, 0.2) is 33.6 Å². The Morgan fingerprint density at radius 3 is 2.62 bits per heavy atom. The lowest BCUT2D eigenvalue weighted by Crippen LogP contribution is -2.44. The zero-order chi connectivity index (χ0) is 15.7. The van der Waals surface area contributed by atoms with E-state index in [2.05, 4.69) is 21.4 Å². The first-order chi connectivity index (χ1) is 9.70. The molecule has 0 spiro atoms. The van der Waals surface area contributed by atoms with Gasteiger partial charge in [0, 0.05) is 4.47 Å². The van der Waals surface area contributed by atoms with Gasteiger partial charge in [-0.15, -0.1) is 4.83 Å². The third kappa shape index (κ3) is 4.25. The molecule has 1 amide bonds. The minimum Gasteiger partial charge on any atom is -0.277 e. The first-order valence-electron chi connectivity index (χ1n) is 5.97. The maximum atomic E-state index is 12.0. The van der Waals surface area contributed by atoms with E-state index in [0.717, 1.165) is 0 Å². The summed E-state index contributed by atoms with van der Waals surface area (Å²) in [5.41, 5.74) is 2.06. The monoisotopic (exact) mass is 396 g/mol. The number of carbonyl (C=O) groups is 1. The number of amides is 1. The Kier molecular flexibility index (Phi) is 4.71. The van der Waals surface area contributed by atoms with Crippen LogP contribution in [0.1, 0.15) is 6.42 Å². The van der Waals surface area contributed by atoms with E-state index >= 15 is 0 Å². The standard InChI is InChI=1S/C11H13BrN2O5S2/c12-9-2-1-3-10(6-9)21(18,19)14-13-11(15)8-4-5-20(16,17)7-8/h1-3,6,8,14H,4-5,7H2,(H,13,15)/t8-/m1/s1. The molecular formula is C11H13BrN2O5S2. The Labute approximate surface area is 131 Å². The van der Waals surface area contributed by atoms with Gasteiger partial charge in [0.05, 0.1) is 22.3 Å². The molecule has 2 N–H and O–H groups in total. The van der Waals surface area contributed by atoms with Gasteiger partial charge in [-0.05, 0) is 24.6 Å². The number of sulfone groups is 1. The number of nitrogens with one attached hydrogen (secondary N) is 2. The highest BCUT2D eigenvalue weighted by Gasteiger charge is 2.33. The quantitative estimate of drug-likeness (QED) is 0.706. The van der Waals surface area contributed by atoms with Crippen LogP contribution in [0.3, 0.4) is 0 Å². The van der Waals surface area contributed by atoms with E-state index in [9.17, 15) is 21.6 Å². The van der Waals surface area contributed by atoms with Gasteiger partial charge in [0.2, 0.25) is 5.91 Å². The molecule has 1 aromatic carbocycles.